The summed E-state index contributed by atoms with van der Waals surface area (Å²) in [7, 11) is -8.54. The van der Waals surface area contributed by atoms with Gasteiger partial charge in [0.25, 0.3) is 31.9 Å². The fourth-order valence-electron chi connectivity index (χ4n) is 10.3. The van der Waals surface area contributed by atoms with E-state index in [1.165, 1.54) is 101 Å². The number of rotatable bonds is 17. The third-order valence-electron chi connectivity index (χ3n) is 15.2. The maximum absolute atomic E-state index is 13.4. The molecule has 2 aliphatic carbocycles. The van der Waals surface area contributed by atoms with Crippen LogP contribution in [0.25, 0.3) is 11.6 Å². The van der Waals surface area contributed by atoms with Crippen molar-refractivity contribution in [3.05, 3.63) is 124 Å². The van der Waals surface area contributed by atoms with Gasteiger partial charge in [-0.05, 0) is 146 Å². The summed E-state index contributed by atoms with van der Waals surface area (Å²) in [5.41, 5.74) is -3.47. The van der Waals surface area contributed by atoms with Crippen molar-refractivity contribution in [3.8, 4) is 23.4 Å². The number of hydrogen-bond donors (Lipinski definition) is 3. The number of amides is 2. The Kier molecular flexibility index (Phi) is 23.8. The number of anilines is 1. The average Bonchev–Trinajstić information content (AvgIpc) is 1.58. The zero-order chi connectivity index (χ0) is 62.1. The van der Waals surface area contributed by atoms with Gasteiger partial charge < -0.3 is 19.7 Å². The zero-order valence-electron chi connectivity index (χ0n) is 48.4. The molecule has 2 amide bonds. The van der Waals surface area contributed by atoms with E-state index in [1.807, 2.05) is 23.5 Å². The number of aromatic nitrogens is 6. The first-order chi connectivity index (χ1) is 39.6. The second-order valence-corrected chi connectivity index (χ2v) is 27.5. The molecule has 484 valence electrons. The SMILES string of the molecule is C[C@@H]1CN(c2nc(-n3ccc(OCCC4(C(F)(F)F)CC4)n3)ccc2C(=O)NS(=O)(=O)c2ccccc2Cl)C(C)(C)C1.C[C@@H]1CNC(C)(C)C1.Cl.O=C(NS(=O)(=O)c1ccccc1Cl)c1ccc(-n2ccc(OCCC3(C(F)(F)F)CC3)n2)nc1Cl.S.S. The standard InChI is InChI=1S/C28H31ClF3N5O4S.C21H17Cl2F3N4O4S.C7H15N.ClH.2H2S/c1-18-16-26(2,3)36(17-18)24-19(25(38)35-42(39,40)21-7-5-4-6-20(21)29)8-9-22(33-24)37-14-10-23(34-37)41-15-13-27(11-12-27)28(30,31)32;22-14-3-1-2-4-15(14)35(32,33)29-19(31)13-5-6-16(27-18(13)23)30-11-7-17(28-30)34-12-10-20(8-9-20)21(24,25)26;1-6-4-7(2,3)8-5-6;;;/h4-10,14,18H,11-13,15-17H2,1-3H3,(H,35,38);1-7,11H,8-10,12H2,(H,29,31);6,8H,4-5H2,1-3H3;1H;2*1H2/t18-;;6-;;;/m0.0.../s1. The van der Waals surface area contributed by atoms with Crippen LogP contribution in [0, 0.1) is 22.7 Å². The van der Waals surface area contributed by atoms with E-state index in [4.69, 9.17) is 49.3 Å². The van der Waals surface area contributed by atoms with Crippen molar-refractivity contribution in [1.82, 2.24) is 44.3 Å². The van der Waals surface area contributed by atoms with Crippen LogP contribution >= 0.6 is 74.2 Å². The maximum atomic E-state index is 13.4. The zero-order valence-corrected chi connectivity index (χ0v) is 55.1. The number of carbonyl (C=O) groups is 2. The second kappa shape index (κ2) is 28.5. The first-order valence-electron chi connectivity index (χ1n) is 27.0. The molecule has 6 aromatic rings. The molecule has 2 atom stereocenters. The Morgan fingerprint density at radius 3 is 1.43 bits per heavy atom. The molecule has 10 rings (SSSR count). The van der Waals surface area contributed by atoms with Gasteiger partial charge in [0, 0.05) is 42.1 Å². The lowest BCUT2D eigenvalue weighted by atomic mass is 9.97. The van der Waals surface area contributed by atoms with Gasteiger partial charge in [-0.25, -0.2) is 45.6 Å². The molecule has 0 bridgehead atoms. The Morgan fingerprint density at radius 1 is 0.636 bits per heavy atom. The largest absolute Gasteiger partial charge is 0.477 e. The predicted molar refractivity (Wildman–Crippen MR) is 335 cm³/mol. The molecule has 4 aliphatic rings. The molecule has 2 saturated carbocycles. The van der Waals surface area contributed by atoms with Crippen molar-refractivity contribution in [2.24, 2.45) is 22.7 Å². The summed E-state index contributed by atoms with van der Waals surface area (Å²) in [6.07, 6.45) is -3.27. The summed E-state index contributed by atoms with van der Waals surface area (Å²) in [6.45, 7) is 14.4. The minimum Gasteiger partial charge on any atom is -0.477 e. The minimum atomic E-state index is -4.28. The maximum Gasteiger partial charge on any atom is 0.394 e. The summed E-state index contributed by atoms with van der Waals surface area (Å²) < 4.78 is 147. The number of sulfonamides is 2. The molecule has 2 aromatic carbocycles. The smallest absolute Gasteiger partial charge is 0.394 e. The number of pyridine rings is 2. The number of ether oxygens (including phenoxy) is 2. The molecule has 32 heteroatoms. The van der Waals surface area contributed by atoms with Crippen LogP contribution in [0.15, 0.2) is 107 Å². The first-order valence-corrected chi connectivity index (χ1v) is 31.1. The van der Waals surface area contributed by atoms with Gasteiger partial charge in [-0.3, -0.25) is 9.59 Å². The van der Waals surface area contributed by atoms with E-state index in [0.717, 1.165) is 12.3 Å². The van der Waals surface area contributed by atoms with Crippen LogP contribution in [0.4, 0.5) is 32.2 Å². The van der Waals surface area contributed by atoms with E-state index in [2.05, 4.69) is 52.9 Å². The van der Waals surface area contributed by atoms with E-state index >= 15 is 0 Å². The van der Waals surface area contributed by atoms with Crippen LogP contribution in [0.2, 0.25) is 15.2 Å². The van der Waals surface area contributed by atoms with Crippen LogP contribution in [0.3, 0.4) is 0 Å². The molecule has 6 heterocycles. The van der Waals surface area contributed by atoms with Crippen LogP contribution in [-0.4, -0.2) is 108 Å². The average molecular weight is 1390 g/mol. The third kappa shape index (κ3) is 17.6. The van der Waals surface area contributed by atoms with Gasteiger partial charge in [0.2, 0.25) is 11.8 Å². The van der Waals surface area contributed by atoms with Gasteiger partial charge in [0.1, 0.15) is 20.8 Å². The fraction of sp³-hybridized carbons (Fsp3) is 0.464. The molecule has 4 aromatic heterocycles. The van der Waals surface area contributed by atoms with Crippen molar-refractivity contribution < 1.29 is 62.2 Å². The normalized spacial score (nSPS) is 18.5. The highest BCUT2D eigenvalue weighted by molar-refractivity contribution is 7.90. The summed E-state index contributed by atoms with van der Waals surface area (Å²) in [5, 5.41) is 11.5. The lowest BCUT2D eigenvalue weighted by Crippen LogP contribution is -2.41. The second-order valence-electron chi connectivity index (χ2n) is 23.0. The number of alkyl halides is 6. The van der Waals surface area contributed by atoms with Gasteiger partial charge in [0.15, 0.2) is 11.6 Å². The monoisotopic (exact) mass is 1390 g/mol. The van der Waals surface area contributed by atoms with Gasteiger partial charge >= 0.3 is 12.4 Å². The van der Waals surface area contributed by atoms with Crippen LogP contribution in [0.5, 0.6) is 11.8 Å². The highest BCUT2D eigenvalue weighted by Gasteiger charge is 2.63. The molecule has 0 spiro atoms. The highest BCUT2D eigenvalue weighted by Crippen LogP contribution is 2.60. The Bertz CT molecular complexity index is 3670. The molecule has 2 aliphatic heterocycles. The third-order valence-corrected chi connectivity index (χ3v) is 19.1. The van der Waals surface area contributed by atoms with E-state index in [-0.39, 0.29) is 157 Å². The van der Waals surface area contributed by atoms with Crippen molar-refractivity contribution in [1.29, 1.82) is 0 Å². The molecule has 0 radical (unpaired) electrons. The van der Waals surface area contributed by atoms with Crippen LogP contribution in [0.1, 0.15) is 114 Å². The quantitative estimate of drug-likeness (QED) is 0.0571. The Balaban J connectivity index is 0.000000279. The molecule has 3 N–H and O–H groups in total. The van der Waals surface area contributed by atoms with Crippen molar-refractivity contribution in [2.75, 3.05) is 31.2 Å². The van der Waals surface area contributed by atoms with Crippen LogP contribution < -0.4 is 29.1 Å². The van der Waals surface area contributed by atoms with E-state index in [0.29, 0.717) is 17.9 Å². The molecule has 18 nitrogen and oxygen atoms in total. The van der Waals surface area contributed by atoms with Crippen molar-refractivity contribution in [3.63, 3.8) is 0 Å². The van der Waals surface area contributed by atoms with Crippen molar-refractivity contribution in [2.45, 2.75) is 126 Å². The molecular formula is C56H68Cl4F6N10O8S4. The summed E-state index contributed by atoms with van der Waals surface area (Å²) in [5.74, 6) is 0.258. The van der Waals surface area contributed by atoms with Gasteiger partial charge in [-0.15, -0.1) is 22.6 Å². The first kappa shape index (κ1) is 73.5. The lowest BCUT2D eigenvalue weighted by Gasteiger charge is -2.34. The van der Waals surface area contributed by atoms with Crippen LogP contribution in [-0.2, 0) is 20.0 Å². The molecule has 88 heavy (non-hydrogen) atoms. The number of nitrogens with zero attached hydrogens (tertiary/aromatic N) is 7. The number of carbonyl (C=O) groups excluding carboxylic acids is 2. The van der Waals surface area contributed by atoms with E-state index < -0.39 is 60.6 Å². The predicted octanol–water partition coefficient (Wildman–Crippen LogP) is 12.6. The van der Waals surface area contributed by atoms with E-state index in [1.54, 1.807) is 18.3 Å². The Labute approximate surface area is 542 Å². The molecule has 2 saturated heterocycles. The topological polar surface area (TPSA) is 222 Å². The number of benzene rings is 2. The summed E-state index contributed by atoms with van der Waals surface area (Å²) in [6, 6.07) is 20.0. The van der Waals surface area contributed by atoms with Gasteiger partial charge in [-0.1, -0.05) is 72.9 Å². The minimum absolute atomic E-state index is 0. The summed E-state index contributed by atoms with van der Waals surface area (Å²) >= 11 is 18.1. The molecule has 4 fully saturated rings. The molecule has 0 unspecified atom stereocenters. The fourth-order valence-corrected chi connectivity index (χ4v) is 13.5. The van der Waals surface area contributed by atoms with Gasteiger partial charge in [-0.2, -0.15) is 53.3 Å². The number of halogens is 10. The number of hydrogen-bond acceptors (Lipinski definition) is 14. The Morgan fingerprint density at radius 2 is 1.07 bits per heavy atom. The highest BCUT2D eigenvalue weighted by atomic mass is 35.5. The van der Waals surface area contributed by atoms with Gasteiger partial charge in [0.05, 0.1) is 45.2 Å². The lowest BCUT2D eigenvalue weighted by molar-refractivity contribution is -0.190. The number of nitrogens with one attached hydrogen (secondary N) is 3. The van der Waals surface area contributed by atoms with E-state index in [9.17, 15) is 52.8 Å². The Hall–Kier alpha value is -5.20. The summed E-state index contributed by atoms with van der Waals surface area (Å²) in [4.78, 5) is 36.1. The molecular weight excluding hydrogens is 1320 g/mol. The van der Waals surface area contributed by atoms with Crippen molar-refractivity contribution >= 4 is 112 Å².